The summed E-state index contributed by atoms with van der Waals surface area (Å²) in [7, 11) is 1.65. The normalized spacial score (nSPS) is 14.2. The third kappa shape index (κ3) is 5.69. The lowest BCUT2D eigenvalue weighted by atomic mass is 9.99. The molecule has 25 heavy (non-hydrogen) atoms. The number of likely N-dealkylation sites (N-methyl/N-ethyl adjacent to an activating group) is 1. The summed E-state index contributed by atoms with van der Waals surface area (Å²) in [6.45, 7) is 7.61. The molecular weight excluding hydrogens is 340 g/mol. The zero-order valence-electron chi connectivity index (χ0n) is 14.7. The van der Waals surface area contributed by atoms with Crippen molar-refractivity contribution in [2.24, 2.45) is 5.92 Å². The maximum Gasteiger partial charge on any atom is 0.355 e. The number of terminal acetylenes is 1. The van der Waals surface area contributed by atoms with Gasteiger partial charge in [-0.2, -0.15) is 0 Å². The Bertz CT molecular complexity index is 677. The third-order valence-corrected chi connectivity index (χ3v) is 5.00. The first-order valence-corrected chi connectivity index (χ1v) is 8.83. The SMILES string of the molecule is C#C[C@@H](CC)CC(=O)N(C)[C@H](C[C@@H](O)c1nc(C(=O)O)cs1)C(=C)C. The molecule has 0 saturated carbocycles. The van der Waals surface area contributed by atoms with Gasteiger partial charge in [0.05, 0.1) is 6.04 Å². The number of amides is 1. The van der Waals surface area contributed by atoms with Crippen LogP contribution in [0, 0.1) is 18.3 Å². The van der Waals surface area contributed by atoms with Crippen LogP contribution >= 0.6 is 11.3 Å². The topological polar surface area (TPSA) is 90.7 Å². The number of hydrogen-bond acceptors (Lipinski definition) is 5. The number of rotatable bonds is 9. The minimum absolute atomic E-state index is 0.102. The van der Waals surface area contributed by atoms with Gasteiger partial charge in [0.2, 0.25) is 5.91 Å². The van der Waals surface area contributed by atoms with Gasteiger partial charge in [-0.15, -0.1) is 23.7 Å². The predicted molar refractivity (Wildman–Crippen MR) is 97.3 cm³/mol. The number of aromatic nitrogens is 1. The summed E-state index contributed by atoms with van der Waals surface area (Å²) >= 11 is 1.08. The number of aliphatic hydroxyl groups excluding tert-OH is 1. The zero-order valence-corrected chi connectivity index (χ0v) is 15.5. The molecule has 1 rings (SSSR count). The smallest absolute Gasteiger partial charge is 0.355 e. The van der Waals surface area contributed by atoms with Gasteiger partial charge in [0, 0.05) is 31.2 Å². The number of hydrogen-bond donors (Lipinski definition) is 2. The number of carbonyl (C=O) groups is 2. The number of nitrogens with zero attached hydrogens (tertiary/aromatic N) is 2. The van der Waals surface area contributed by atoms with Gasteiger partial charge in [-0.05, 0) is 13.3 Å². The molecule has 0 aliphatic heterocycles. The van der Waals surface area contributed by atoms with Crippen LogP contribution in [0.5, 0.6) is 0 Å². The molecule has 0 aliphatic carbocycles. The maximum atomic E-state index is 12.4. The molecule has 1 aromatic rings. The van der Waals surface area contributed by atoms with E-state index in [1.165, 1.54) is 10.3 Å². The van der Waals surface area contributed by atoms with Crippen LogP contribution in [0.25, 0.3) is 0 Å². The second kappa shape index (κ2) is 9.35. The van der Waals surface area contributed by atoms with Gasteiger partial charge in [0.15, 0.2) is 5.69 Å². The van der Waals surface area contributed by atoms with Crippen LogP contribution in [-0.2, 0) is 4.79 Å². The summed E-state index contributed by atoms with van der Waals surface area (Å²) in [5.74, 6) is 1.22. The van der Waals surface area contributed by atoms with Gasteiger partial charge in [0.25, 0.3) is 0 Å². The first-order chi connectivity index (χ1) is 11.7. The Hall–Kier alpha value is -2.17. The van der Waals surface area contributed by atoms with E-state index in [0.717, 1.165) is 16.9 Å². The minimum Gasteiger partial charge on any atom is -0.476 e. The van der Waals surface area contributed by atoms with Gasteiger partial charge < -0.3 is 15.1 Å². The molecule has 0 aliphatic rings. The number of carbonyl (C=O) groups excluding carboxylic acids is 1. The lowest BCUT2D eigenvalue weighted by Crippen LogP contribution is -2.39. The summed E-state index contributed by atoms with van der Waals surface area (Å²) in [5, 5.41) is 21.0. The Morgan fingerprint density at radius 2 is 2.16 bits per heavy atom. The van der Waals surface area contributed by atoms with Crippen molar-refractivity contribution >= 4 is 23.2 Å². The molecule has 3 atom stereocenters. The van der Waals surface area contributed by atoms with E-state index >= 15 is 0 Å². The number of thiazole rings is 1. The molecule has 1 aromatic heterocycles. The van der Waals surface area contributed by atoms with E-state index in [4.69, 9.17) is 11.5 Å². The van der Waals surface area contributed by atoms with Crippen molar-refractivity contribution < 1.29 is 19.8 Å². The highest BCUT2D eigenvalue weighted by Crippen LogP contribution is 2.27. The van der Waals surface area contributed by atoms with Crippen LogP contribution in [-0.4, -0.2) is 45.1 Å². The van der Waals surface area contributed by atoms with E-state index < -0.39 is 18.1 Å². The molecule has 0 radical (unpaired) electrons. The molecule has 136 valence electrons. The molecule has 0 aromatic carbocycles. The summed E-state index contributed by atoms with van der Waals surface area (Å²) in [6, 6.07) is -0.394. The van der Waals surface area contributed by atoms with Crippen molar-refractivity contribution in [3.8, 4) is 12.3 Å². The Labute approximate surface area is 152 Å². The Balaban J connectivity index is 2.84. The Morgan fingerprint density at radius 1 is 1.52 bits per heavy atom. The second-order valence-corrected chi connectivity index (χ2v) is 6.86. The standard InChI is InChI=1S/C18H24N2O4S/c1-6-12(7-2)8-16(22)20(5)14(11(3)4)9-15(21)17-19-13(10-25-17)18(23)24/h1,10,12,14-15,21H,3,7-9H2,2,4-5H3,(H,23,24)/t12-,14+,15+/m0/s1. The monoisotopic (exact) mass is 364 g/mol. The number of carboxylic acids is 1. The van der Waals surface area contributed by atoms with Crippen LogP contribution in [0.15, 0.2) is 17.5 Å². The van der Waals surface area contributed by atoms with E-state index in [-0.39, 0.29) is 30.4 Å². The number of aromatic carboxylic acids is 1. The molecule has 1 heterocycles. The largest absolute Gasteiger partial charge is 0.476 e. The van der Waals surface area contributed by atoms with Crippen molar-refractivity contribution in [2.45, 2.75) is 45.3 Å². The molecule has 0 saturated heterocycles. The Kier molecular flexibility index (Phi) is 7.81. The quantitative estimate of drug-likeness (QED) is 0.519. The van der Waals surface area contributed by atoms with Gasteiger partial charge in [0.1, 0.15) is 11.1 Å². The van der Waals surface area contributed by atoms with E-state index in [9.17, 15) is 14.7 Å². The molecule has 1 amide bonds. The van der Waals surface area contributed by atoms with Gasteiger partial charge in [-0.1, -0.05) is 19.1 Å². The van der Waals surface area contributed by atoms with E-state index in [2.05, 4.69) is 17.5 Å². The molecule has 0 fully saturated rings. The van der Waals surface area contributed by atoms with Gasteiger partial charge in [-0.25, -0.2) is 9.78 Å². The van der Waals surface area contributed by atoms with Crippen molar-refractivity contribution in [2.75, 3.05) is 7.05 Å². The Morgan fingerprint density at radius 3 is 2.60 bits per heavy atom. The van der Waals surface area contributed by atoms with E-state index in [0.29, 0.717) is 11.4 Å². The lowest BCUT2D eigenvalue weighted by molar-refractivity contribution is -0.132. The number of aliphatic hydroxyl groups is 1. The second-order valence-electron chi connectivity index (χ2n) is 5.97. The first-order valence-electron chi connectivity index (χ1n) is 7.95. The van der Waals surface area contributed by atoms with Crippen molar-refractivity contribution in [1.82, 2.24) is 9.88 Å². The molecule has 2 N–H and O–H groups in total. The van der Waals surface area contributed by atoms with Gasteiger partial charge in [-0.3, -0.25) is 4.79 Å². The van der Waals surface area contributed by atoms with Crippen LogP contribution in [0.2, 0.25) is 0 Å². The first kappa shape index (κ1) is 20.9. The average Bonchev–Trinajstić information content (AvgIpc) is 3.06. The molecule has 7 heteroatoms. The molecular formula is C18H24N2O4S. The van der Waals surface area contributed by atoms with Crippen LogP contribution in [0.4, 0.5) is 0 Å². The van der Waals surface area contributed by atoms with Gasteiger partial charge >= 0.3 is 5.97 Å². The molecule has 0 bridgehead atoms. The third-order valence-electron chi connectivity index (χ3n) is 4.05. The summed E-state index contributed by atoms with van der Waals surface area (Å²) in [6.07, 6.45) is 5.58. The van der Waals surface area contributed by atoms with Crippen molar-refractivity contribution in [3.63, 3.8) is 0 Å². The van der Waals surface area contributed by atoms with Crippen LogP contribution < -0.4 is 0 Å². The highest BCUT2D eigenvalue weighted by atomic mass is 32.1. The molecule has 6 nitrogen and oxygen atoms in total. The fourth-order valence-electron chi connectivity index (χ4n) is 2.39. The van der Waals surface area contributed by atoms with E-state index in [1.54, 1.807) is 14.0 Å². The lowest BCUT2D eigenvalue weighted by Gasteiger charge is -2.30. The fraction of sp³-hybridized carbons (Fsp3) is 0.500. The van der Waals surface area contributed by atoms with Crippen LogP contribution in [0.3, 0.4) is 0 Å². The fourth-order valence-corrected chi connectivity index (χ4v) is 3.18. The summed E-state index contributed by atoms with van der Waals surface area (Å²) in [4.78, 5) is 28.8. The summed E-state index contributed by atoms with van der Waals surface area (Å²) in [5.41, 5.74) is 0.619. The van der Waals surface area contributed by atoms with Crippen LogP contribution in [0.1, 0.15) is 54.7 Å². The maximum absolute atomic E-state index is 12.4. The predicted octanol–water partition coefficient (Wildman–Crippen LogP) is 2.72. The zero-order chi connectivity index (χ0) is 19.1. The molecule has 0 spiro atoms. The molecule has 0 unspecified atom stereocenters. The minimum atomic E-state index is -1.14. The van der Waals surface area contributed by atoms with E-state index in [1.807, 2.05) is 6.92 Å². The van der Waals surface area contributed by atoms with Crippen molar-refractivity contribution in [1.29, 1.82) is 0 Å². The summed E-state index contributed by atoms with van der Waals surface area (Å²) < 4.78 is 0. The number of carboxylic acid groups (broad SMARTS) is 1. The average molecular weight is 364 g/mol. The highest BCUT2D eigenvalue weighted by Gasteiger charge is 2.27. The highest BCUT2D eigenvalue weighted by molar-refractivity contribution is 7.09. The van der Waals surface area contributed by atoms with Crippen molar-refractivity contribution in [3.05, 3.63) is 28.2 Å².